The number of halogens is 1. The number of rotatable bonds is 2. The zero-order chi connectivity index (χ0) is 12.4. The van der Waals surface area contributed by atoms with E-state index < -0.39 is 0 Å². The first-order chi connectivity index (χ1) is 8.86. The summed E-state index contributed by atoms with van der Waals surface area (Å²) >= 11 is 5.80. The van der Waals surface area contributed by atoms with E-state index in [1.807, 2.05) is 6.20 Å². The Bertz CT molecular complexity index is 390. The maximum Gasteiger partial charge on any atom is 0.128 e. The summed E-state index contributed by atoms with van der Waals surface area (Å²) in [7, 11) is 0. The molecule has 1 saturated heterocycles. The van der Waals surface area contributed by atoms with Gasteiger partial charge in [-0.05, 0) is 36.3 Å². The van der Waals surface area contributed by atoms with Crippen LogP contribution in [0, 0.1) is 11.8 Å². The maximum absolute atomic E-state index is 5.80. The predicted molar refractivity (Wildman–Crippen MR) is 76.1 cm³/mol. The summed E-state index contributed by atoms with van der Waals surface area (Å²) in [5, 5.41) is 0. The van der Waals surface area contributed by atoms with Crippen LogP contribution < -0.4 is 4.90 Å². The first-order valence-electron chi connectivity index (χ1n) is 7.12. The highest BCUT2D eigenvalue weighted by Gasteiger charge is 2.31. The van der Waals surface area contributed by atoms with Crippen molar-refractivity contribution in [2.75, 3.05) is 18.0 Å². The zero-order valence-corrected chi connectivity index (χ0v) is 11.6. The van der Waals surface area contributed by atoms with Gasteiger partial charge in [0.25, 0.3) is 0 Å². The molecule has 2 nitrogen and oxygen atoms in total. The van der Waals surface area contributed by atoms with E-state index in [0.29, 0.717) is 5.88 Å². The third-order valence-corrected chi connectivity index (χ3v) is 4.89. The Hall–Kier alpha value is -0.760. The molecule has 1 aliphatic carbocycles. The molecule has 98 valence electrons. The Morgan fingerprint density at radius 1 is 1.17 bits per heavy atom. The number of piperidine rings is 1. The van der Waals surface area contributed by atoms with Crippen LogP contribution in [-0.2, 0) is 5.88 Å². The number of aromatic nitrogens is 1. The Balaban J connectivity index is 1.69. The molecule has 3 heteroatoms. The molecule has 2 heterocycles. The second kappa shape index (κ2) is 5.48. The van der Waals surface area contributed by atoms with Crippen LogP contribution in [0.3, 0.4) is 0 Å². The van der Waals surface area contributed by atoms with E-state index in [1.165, 1.54) is 45.2 Å². The maximum atomic E-state index is 5.80. The third-order valence-electron chi connectivity index (χ3n) is 4.58. The predicted octanol–water partition coefficient (Wildman–Crippen LogP) is 3.84. The fraction of sp³-hybridized carbons (Fsp3) is 0.667. The van der Waals surface area contributed by atoms with Crippen molar-refractivity contribution >= 4 is 17.4 Å². The first kappa shape index (κ1) is 12.3. The lowest BCUT2D eigenvalue weighted by Crippen LogP contribution is -2.42. The average Bonchev–Trinajstić information content (AvgIpc) is 2.47. The molecular weight excluding hydrogens is 244 g/mol. The molecule has 0 spiro atoms. The number of hydrogen-bond acceptors (Lipinski definition) is 2. The number of fused-ring (bicyclic) bond motifs is 1. The summed E-state index contributed by atoms with van der Waals surface area (Å²) < 4.78 is 0. The number of hydrogen-bond donors (Lipinski definition) is 0. The van der Waals surface area contributed by atoms with Crippen molar-refractivity contribution in [1.29, 1.82) is 0 Å². The molecule has 2 unspecified atom stereocenters. The number of nitrogens with zero attached hydrogens (tertiary/aromatic N) is 2. The van der Waals surface area contributed by atoms with Crippen LogP contribution in [0.4, 0.5) is 5.82 Å². The topological polar surface area (TPSA) is 16.1 Å². The quantitative estimate of drug-likeness (QED) is 0.755. The smallest absolute Gasteiger partial charge is 0.128 e. The fourth-order valence-electron chi connectivity index (χ4n) is 3.49. The summed E-state index contributed by atoms with van der Waals surface area (Å²) in [6.07, 6.45) is 9.01. The van der Waals surface area contributed by atoms with Gasteiger partial charge in [0.15, 0.2) is 0 Å². The second-order valence-corrected chi connectivity index (χ2v) is 5.96. The van der Waals surface area contributed by atoms with Gasteiger partial charge in [-0.3, -0.25) is 0 Å². The lowest BCUT2D eigenvalue weighted by atomic mass is 9.75. The molecule has 1 saturated carbocycles. The van der Waals surface area contributed by atoms with Crippen LogP contribution in [0.15, 0.2) is 18.3 Å². The first-order valence-corrected chi connectivity index (χ1v) is 7.66. The molecule has 0 N–H and O–H groups in total. The van der Waals surface area contributed by atoms with Crippen molar-refractivity contribution in [3.05, 3.63) is 23.9 Å². The Kier molecular flexibility index (Phi) is 3.74. The van der Waals surface area contributed by atoms with E-state index in [2.05, 4.69) is 22.0 Å². The third kappa shape index (κ3) is 2.49. The van der Waals surface area contributed by atoms with Gasteiger partial charge in [0.1, 0.15) is 5.82 Å². The van der Waals surface area contributed by atoms with Gasteiger partial charge in [0.05, 0.1) is 0 Å². The molecular formula is C15H21ClN2. The van der Waals surface area contributed by atoms with Crippen LogP contribution in [-0.4, -0.2) is 18.1 Å². The minimum atomic E-state index is 0.554. The molecule has 2 fully saturated rings. The van der Waals surface area contributed by atoms with Crippen molar-refractivity contribution in [2.45, 2.75) is 38.0 Å². The normalized spacial score (nSPS) is 27.9. The van der Waals surface area contributed by atoms with Gasteiger partial charge >= 0.3 is 0 Å². The molecule has 1 aromatic rings. The fourth-order valence-corrected chi connectivity index (χ4v) is 3.65. The van der Waals surface area contributed by atoms with Crippen molar-refractivity contribution in [3.8, 4) is 0 Å². The SMILES string of the molecule is ClCc1ccc(N2CCC3CCCCC3C2)nc1. The Morgan fingerprint density at radius 2 is 2.00 bits per heavy atom. The highest BCUT2D eigenvalue weighted by Crippen LogP contribution is 2.37. The van der Waals surface area contributed by atoms with Gasteiger partial charge in [-0.25, -0.2) is 4.98 Å². The summed E-state index contributed by atoms with van der Waals surface area (Å²) in [5.74, 6) is 3.57. The van der Waals surface area contributed by atoms with Gasteiger partial charge in [0.2, 0.25) is 0 Å². The van der Waals surface area contributed by atoms with Gasteiger partial charge < -0.3 is 4.90 Å². The minimum absolute atomic E-state index is 0.554. The molecule has 0 bridgehead atoms. The van der Waals surface area contributed by atoms with E-state index in [4.69, 9.17) is 11.6 Å². The van der Waals surface area contributed by atoms with E-state index in [1.54, 1.807) is 0 Å². The van der Waals surface area contributed by atoms with Gasteiger partial charge in [0, 0.05) is 25.2 Å². The average molecular weight is 265 g/mol. The van der Waals surface area contributed by atoms with Crippen LogP contribution in [0.25, 0.3) is 0 Å². The molecule has 0 radical (unpaired) electrons. The molecule has 0 aromatic carbocycles. The van der Waals surface area contributed by atoms with Crippen LogP contribution in [0.2, 0.25) is 0 Å². The Morgan fingerprint density at radius 3 is 2.72 bits per heavy atom. The summed E-state index contributed by atoms with van der Waals surface area (Å²) in [6.45, 7) is 2.38. The lowest BCUT2D eigenvalue weighted by Gasteiger charge is -2.41. The lowest BCUT2D eigenvalue weighted by molar-refractivity contribution is 0.202. The highest BCUT2D eigenvalue weighted by atomic mass is 35.5. The molecule has 18 heavy (non-hydrogen) atoms. The van der Waals surface area contributed by atoms with Crippen molar-refractivity contribution in [3.63, 3.8) is 0 Å². The van der Waals surface area contributed by atoms with E-state index >= 15 is 0 Å². The summed E-state index contributed by atoms with van der Waals surface area (Å²) in [6, 6.07) is 4.23. The van der Waals surface area contributed by atoms with Gasteiger partial charge in [-0.15, -0.1) is 11.6 Å². The Labute approximate surface area is 114 Å². The van der Waals surface area contributed by atoms with Crippen LogP contribution >= 0.6 is 11.6 Å². The van der Waals surface area contributed by atoms with Crippen LogP contribution in [0.1, 0.15) is 37.7 Å². The molecule has 1 aliphatic heterocycles. The highest BCUT2D eigenvalue weighted by molar-refractivity contribution is 6.17. The van der Waals surface area contributed by atoms with Crippen molar-refractivity contribution < 1.29 is 0 Å². The monoisotopic (exact) mass is 264 g/mol. The molecule has 2 aliphatic rings. The van der Waals surface area contributed by atoms with E-state index in [9.17, 15) is 0 Å². The van der Waals surface area contributed by atoms with Crippen molar-refractivity contribution in [2.24, 2.45) is 11.8 Å². The van der Waals surface area contributed by atoms with E-state index in [0.717, 1.165) is 23.2 Å². The number of anilines is 1. The molecule has 0 amide bonds. The van der Waals surface area contributed by atoms with E-state index in [-0.39, 0.29) is 0 Å². The number of alkyl halides is 1. The minimum Gasteiger partial charge on any atom is -0.356 e. The molecule has 2 atom stereocenters. The van der Waals surface area contributed by atoms with Crippen LogP contribution in [0.5, 0.6) is 0 Å². The standard InChI is InChI=1S/C15H21ClN2/c16-9-12-5-6-15(17-10-12)18-8-7-13-3-1-2-4-14(13)11-18/h5-6,10,13-14H,1-4,7-9,11H2. The molecule has 3 rings (SSSR count). The largest absolute Gasteiger partial charge is 0.356 e. The second-order valence-electron chi connectivity index (χ2n) is 5.70. The van der Waals surface area contributed by atoms with Crippen molar-refractivity contribution in [1.82, 2.24) is 4.98 Å². The number of pyridine rings is 1. The molecule has 1 aromatic heterocycles. The van der Waals surface area contributed by atoms with Gasteiger partial charge in [-0.1, -0.05) is 25.3 Å². The van der Waals surface area contributed by atoms with Gasteiger partial charge in [-0.2, -0.15) is 0 Å². The zero-order valence-electron chi connectivity index (χ0n) is 10.8. The summed E-state index contributed by atoms with van der Waals surface area (Å²) in [5.41, 5.74) is 1.10. The summed E-state index contributed by atoms with van der Waals surface area (Å²) in [4.78, 5) is 7.02.